The fourth-order valence-electron chi connectivity index (χ4n) is 3.20. The molecule has 2 aromatic rings. The second-order valence-corrected chi connectivity index (χ2v) is 5.97. The second kappa shape index (κ2) is 5.76. The number of rotatable bonds is 3. The van der Waals surface area contributed by atoms with Gasteiger partial charge >= 0.3 is 0 Å². The van der Waals surface area contributed by atoms with Crippen LogP contribution in [0, 0.1) is 19.8 Å². The molecule has 0 spiro atoms. The number of aryl methyl sites for hydroxylation is 2. The first-order valence-electron chi connectivity index (χ1n) is 7.71. The summed E-state index contributed by atoms with van der Waals surface area (Å²) in [5, 5.41) is 3.04. The second-order valence-electron chi connectivity index (χ2n) is 5.97. The van der Waals surface area contributed by atoms with Gasteiger partial charge in [-0.2, -0.15) is 0 Å². The molecule has 0 unspecified atom stereocenters. The monoisotopic (exact) mass is 282 g/mol. The summed E-state index contributed by atoms with van der Waals surface area (Å²) in [6.07, 6.45) is 4.43. The smallest absolute Gasteiger partial charge is 0.227 e. The lowest BCUT2D eigenvalue weighted by Crippen LogP contribution is -2.20. The van der Waals surface area contributed by atoms with E-state index >= 15 is 0 Å². The normalized spacial score (nSPS) is 15.3. The van der Waals surface area contributed by atoms with Gasteiger partial charge in [-0.15, -0.1) is 0 Å². The van der Waals surface area contributed by atoms with Crippen molar-refractivity contribution in [2.24, 2.45) is 5.92 Å². The average molecular weight is 282 g/mol. The third-order valence-electron chi connectivity index (χ3n) is 4.39. The highest BCUT2D eigenvalue weighted by Gasteiger charge is 2.22. The summed E-state index contributed by atoms with van der Waals surface area (Å²) in [6, 6.07) is 12.3. The van der Waals surface area contributed by atoms with Crippen molar-refractivity contribution in [2.75, 3.05) is 5.32 Å². The van der Waals surface area contributed by atoms with Crippen LogP contribution in [-0.4, -0.2) is 10.5 Å². The van der Waals surface area contributed by atoms with Gasteiger partial charge in [0, 0.05) is 28.7 Å². The van der Waals surface area contributed by atoms with Gasteiger partial charge < -0.3 is 9.88 Å². The number of carbonyl (C=O) groups is 1. The zero-order chi connectivity index (χ0) is 14.8. The zero-order valence-electron chi connectivity index (χ0n) is 12.7. The molecule has 1 aromatic heterocycles. The highest BCUT2D eigenvalue weighted by molar-refractivity contribution is 5.92. The molecule has 0 aliphatic heterocycles. The number of carbonyl (C=O) groups excluding carboxylic acids is 1. The molecule has 3 heteroatoms. The molecule has 1 fully saturated rings. The van der Waals surface area contributed by atoms with Crippen LogP contribution in [0.25, 0.3) is 5.69 Å². The number of nitrogens with zero attached hydrogens (tertiary/aromatic N) is 1. The quantitative estimate of drug-likeness (QED) is 0.898. The van der Waals surface area contributed by atoms with E-state index in [-0.39, 0.29) is 11.8 Å². The topological polar surface area (TPSA) is 34.0 Å². The third kappa shape index (κ3) is 2.87. The van der Waals surface area contributed by atoms with E-state index in [2.05, 4.69) is 48.0 Å². The Hall–Kier alpha value is -2.03. The minimum absolute atomic E-state index is 0.175. The number of benzene rings is 1. The van der Waals surface area contributed by atoms with Crippen molar-refractivity contribution in [1.29, 1.82) is 0 Å². The predicted octanol–water partition coefficient (Wildman–Crippen LogP) is 4.22. The molecule has 1 aliphatic carbocycles. The van der Waals surface area contributed by atoms with Crippen LogP contribution in [0.1, 0.15) is 37.1 Å². The van der Waals surface area contributed by atoms with Crippen molar-refractivity contribution in [1.82, 2.24) is 4.57 Å². The van der Waals surface area contributed by atoms with Gasteiger partial charge in [0.1, 0.15) is 0 Å². The number of amides is 1. The molecule has 0 atom stereocenters. The molecule has 1 aliphatic rings. The van der Waals surface area contributed by atoms with Gasteiger partial charge in [0.05, 0.1) is 0 Å². The molecule has 21 heavy (non-hydrogen) atoms. The Morgan fingerprint density at radius 2 is 1.57 bits per heavy atom. The highest BCUT2D eigenvalue weighted by Crippen LogP contribution is 2.26. The third-order valence-corrected chi connectivity index (χ3v) is 4.39. The van der Waals surface area contributed by atoms with Gasteiger partial charge in [-0.3, -0.25) is 4.79 Å². The summed E-state index contributed by atoms with van der Waals surface area (Å²) in [7, 11) is 0. The van der Waals surface area contributed by atoms with Crippen molar-refractivity contribution in [3.8, 4) is 5.69 Å². The van der Waals surface area contributed by atoms with Crippen LogP contribution in [0.5, 0.6) is 0 Å². The number of aromatic nitrogens is 1. The van der Waals surface area contributed by atoms with E-state index < -0.39 is 0 Å². The van der Waals surface area contributed by atoms with Gasteiger partial charge in [0.25, 0.3) is 0 Å². The Morgan fingerprint density at radius 1 is 1.00 bits per heavy atom. The van der Waals surface area contributed by atoms with Crippen LogP contribution < -0.4 is 5.32 Å². The molecule has 3 nitrogen and oxygen atoms in total. The Bertz CT molecular complexity index is 614. The van der Waals surface area contributed by atoms with Crippen molar-refractivity contribution >= 4 is 11.6 Å². The molecule has 110 valence electrons. The average Bonchev–Trinajstić information content (AvgIpc) is 3.11. The molecule has 1 amide bonds. The Kier molecular flexibility index (Phi) is 3.82. The molecule has 1 aromatic carbocycles. The molecule has 3 rings (SSSR count). The fraction of sp³-hybridized carbons (Fsp3) is 0.389. The number of hydrogen-bond acceptors (Lipinski definition) is 1. The van der Waals surface area contributed by atoms with E-state index in [0.29, 0.717) is 0 Å². The molecule has 0 saturated heterocycles. The summed E-state index contributed by atoms with van der Waals surface area (Å²) in [5.41, 5.74) is 4.46. The lowest BCUT2D eigenvalue weighted by Gasteiger charge is -2.12. The number of anilines is 1. The van der Waals surface area contributed by atoms with Crippen molar-refractivity contribution < 1.29 is 4.79 Å². The summed E-state index contributed by atoms with van der Waals surface area (Å²) in [5.74, 6) is 0.382. The van der Waals surface area contributed by atoms with Crippen molar-refractivity contribution in [3.63, 3.8) is 0 Å². The molecule has 1 N–H and O–H groups in total. The van der Waals surface area contributed by atoms with E-state index in [1.807, 2.05) is 12.1 Å². The number of nitrogens with one attached hydrogen (secondary N) is 1. The van der Waals surface area contributed by atoms with Crippen LogP contribution in [0.4, 0.5) is 5.69 Å². The number of hydrogen-bond donors (Lipinski definition) is 1. The van der Waals surface area contributed by atoms with Crippen LogP contribution in [0.2, 0.25) is 0 Å². The summed E-state index contributed by atoms with van der Waals surface area (Å²) < 4.78 is 2.21. The maximum atomic E-state index is 12.1. The lowest BCUT2D eigenvalue weighted by atomic mass is 10.1. The SMILES string of the molecule is Cc1ccc(C)n1-c1ccc(NC(=O)C2CCCC2)cc1. The van der Waals surface area contributed by atoms with E-state index in [1.165, 1.54) is 24.2 Å². The Balaban J connectivity index is 1.74. The zero-order valence-corrected chi connectivity index (χ0v) is 12.7. The highest BCUT2D eigenvalue weighted by atomic mass is 16.1. The summed E-state index contributed by atoms with van der Waals surface area (Å²) in [6.45, 7) is 4.20. The van der Waals surface area contributed by atoms with Crippen molar-refractivity contribution in [3.05, 3.63) is 47.8 Å². The van der Waals surface area contributed by atoms with Crippen LogP contribution in [-0.2, 0) is 4.79 Å². The summed E-state index contributed by atoms with van der Waals surface area (Å²) in [4.78, 5) is 12.1. The van der Waals surface area contributed by atoms with Crippen LogP contribution in [0.15, 0.2) is 36.4 Å². The Morgan fingerprint density at radius 3 is 2.14 bits per heavy atom. The van der Waals surface area contributed by atoms with Gasteiger partial charge in [-0.05, 0) is 63.1 Å². The lowest BCUT2D eigenvalue weighted by molar-refractivity contribution is -0.119. The van der Waals surface area contributed by atoms with Crippen LogP contribution in [0.3, 0.4) is 0 Å². The molecular formula is C18H22N2O. The maximum absolute atomic E-state index is 12.1. The first kappa shape index (κ1) is 13.9. The summed E-state index contributed by atoms with van der Waals surface area (Å²) >= 11 is 0. The Labute approximate surface area is 126 Å². The molecule has 0 bridgehead atoms. The standard InChI is InChI=1S/C18H22N2O/c1-13-7-8-14(2)20(13)17-11-9-16(10-12-17)19-18(21)15-5-3-4-6-15/h7-12,15H,3-6H2,1-2H3,(H,19,21). The maximum Gasteiger partial charge on any atom is 0.227 e. The van der Waals surface area contributed by atoms with E-state index in [4.69, 9.17) is 0 Å². The fourth-order valence-corrected chi connectivity index (χ4v) is 3.20. The van der Waals surface area contributed by atoms with E-state index in [0.717, 1.165) is 24.2 Å². The minimum atomic E-state index is 0.175. The largest absolute Gasteiger partial charge is 0.326 e. The molecule has 1 saturated carbocycles. The van der Waals surface area contributed by atoms with E-state index in [9.17, 15) is 4.79 Å². The molecule has 0 radical (unpaired) electrons. The molecular weight excluding hydrogens is 260 g/mol. The predicted molar refractivity (Wildman–Crippen MR) is 85.8 cm³/mol. The van der Waals surface area contributed by atoms with E-state index in [1.54, 1.807) is 0 Å². The van der Waals surface area contributed by atoms with Gasteiger partial charge in [0.15, 0.2) is 0 Å². The van der Waals surface area contributed by atoms with Crippen LogP contribution >= 0.6 is 0 Å². The first-order chi connectivity index (χ1) is 10.1. The van der Waals surface area contributed by atoms with Gasteiger partial charge in [-0.25, -0.2) is 0 Å². The minimum Gasteiger partial charge on any atom is -0.326 e. The first-order valence-corrected chi connectivity index (χ1v) is 7.71. The molecule has 1 heterocycles. The van der Waals surface area contributed by atoms with Crippen molar-refractivity contribution in [2.45, 2.75) is 39.5 Å². The van der Waals surface area contributed by atoms with Gasteiger partial charge in [-0.1, -0.05) is 12.8 Å². The van der Waals surface area contributed by atoms with Gasteiger partial charge in [0.2, 0.25) is 5.91 Å².